The summed E-state index contributed by atoms with van der Waals surface area (Å²) in [6.45, 7) is 0. The van der Waals surface area contributed by atoms with Crippen LogP contribution in [-0.2, 0) is 0 Å². The molecule has 23 heavy (non-hydrogen) atoms. The number of hydrogen-bond donors (Lipinski definition) is 1. The number of aromatic nitrogens is 2. The molecule has 4 aromatic rings. The Bertz CT molecular complexity index is 1070. The van der Waals surface area contributed by atoms with Crippen molar-refractivity contribution in [2.75, 3.05) is 0 Å². The molecule has 0 aliphatic rings. The molecule has 2 aromatic heterocycles. The standard InChI is InChI=1S/C18H11FN2O2/c19-12-1-4-17-11(9-12)6-8-21(17)13-2-3-16-15(10-13)14(18(22)23)5-7-20-16/h1-10H,(H,22,23). The Labute approximate surface area is 130 Å². The minimum atomic E-state index is -0.992. The SMILES string of the molecule is O=C(O)c1ccnc2ccc(-n3ccc4cc(F)ccc43)cc12. The van der Waals surface area contributed by atoms with E-state index in [2.05, 4.69) is 4.98 Å². The zero-order valence-electron chi connectivity index (χ0n) is 11.9. The van der Waals surface area contributed by atoms with Crippen molar-refractivity contribution < 1.29 is 14.3 Å². The van der Waals surface area contributed by atoms with E-state index in [1.165, 1.54) is 24.4 Å². The van der Waals surface area contributed by atoms with Gasteiger partial charge in [-0.15, -0.1) is 0 Å². The van der Waals surface area contributed by atoms with Gasteiger partial charge in [0.2, 0.25) is 0 Å². The number of fused-ring (bicyclic) bond motifs is 2. The molecule has 0 bridgehead atoms. The first-order valence-corrected chi connectivity index (χ1v) is 7.02. The molecule has 0 radical (unpaired) electrons. The van der Waals surface area contributed by atoms with E-state index < -0.39 is 5.97 Å². The second kappa shape index (κ2) is 4.91. The molecule has 0 fully saturated rings. The molecule has 2 aromatic carbocycles. The van der Waals surface area contributed by atoms with Crippen molar-refractivity contribution in [2.45, 2.75) is 0 Å². The molecule has 2 heterocycles. The minimum Gasteiger partial charge on any atom is -0.478 e. The van der Waals surface area contributed by atoms with E-state index in [0.29, 0.717) is 10.9 Å². The summed E-state index contributed by atoms with van der Waals surface area (Å²) in [7, 11) is 0. The summed E-state index contributed by atoms with van der Waals surface area (Å²) in [6.07, 6.45) is 3.32. The number of carboxylic acids is 1. The molecule has 0 saturated carbocycles. The molecule has 4 rings (SSSR count). The van der Waals surface area contributed by atoms with E-state index in [9.17, 15) is 14.3 Å². The first-order chi connectivity index (χ1) is 11.1. The van der Waals surface area contributed by atoms with Crippen molar-refractivity contribution in [3.8, 4) is 5.69 Å². The second-order valence-electron chi connectivity index (χ2n) is 5.25. The zero-order chi connectivity index (χ0) is 16.0. The van der Waals surface area contributed by atoms with Crippen LogP contribution in [0.5, 0.6) is 0 Å². The molecule has 0 atom stereocenters. The van der Waals surface area contributed by atoms with Crippen LogP contribution in [-0.4, -0.2) is 20.6 Å². The first kappa shape index (κ1) is 13.5. The van der Waals surface area contributed by atoms with E-state index in [-0.39, 0.29) is 11.4 Å². The van der Waals surface area contributed by atoms with Gasteiger partial charge >= 0.3 is 5.97 Å². The molecule has 0 spiro atoms. The normalized spacial score (nSPS) is 11.2. The first-order valence-electron chi connectivity index (χ1n) is 7.02. The van der Waals surface area contributed by atoms with Crippen LogP contribution in [0.25, 0.3) is 27.5 Å². The number of rotatable bonds is 2. The van der Waals surface area contributed by atoms with Gasteiger partial charge in [-0.3, -0.25) is 4.98 Å². The quantitative estimate of drug-likeness (QED) is 0.608. The van der Waals surface area contributed by atoms with Crippen molar-refractivity contribution in [1.82, 2.24) is 9.55 Å². The molecule has 0 unspecified atom stereocenters. The zero-order valence-corrected chi connectivity index (χ0v) is 11.9. The van der Waals surface area contributed by atoms with E-state index in [4.69, 9.17) is 0 Å². The van der Waals surface area contributed by atoms with Gasteiger partial charge in [0.15, 0.2) is 0 Å². The third-order valence-corrected chi connectivity index (χ3v) is 3.89. The third kappa shape index (κ3) is 2.14. The van der Waals surface area contributed by atoms with Crippen molar-refractivity contribution >= 4 is 27.8 Å². The van der Waals surface area contributed by atoms with Gasteiger partial charge in [0.1, 0.15) is 5.82 Å². The van der Waals surface area contributed by atoms with Crippen LogP contribution in [0.1, 0.15) is 10.4 Å². The fourth-order valence-corrected chi connectivity index (χ4v) is 2.81. The summed E-state index contributed by atoms with van der Waals surface area (Å²) in [5.41, 5.74) is 2.48. The van der Waals surface area contributed by atoms with Crippen LogP contribution in [0.3, 0.4) is 0 Å². The Kier molecular flexibility index (Phi) is 2.87. The molecule has 0 saturated heterocycles. The fourth-order valence-electron chi connectivity index (χ4n) is 2.81. The van der Waals surface area contributed by atoms with Crippen LogP contribution in [0, 0.1) is 5.82 Å². The van der Waals surface area contributed by atoms with Crippen LogP contribution in [0.4, 0.5) is 4.39 Å². The summed E-state index contributed by atoms with van der Waals surface area (Å²) in [6, 6.07) is 13.3. The molecule has 0 aliphatic heterocycles. The monoisotopic (exact) mass is 306 g/mol. The van der Waals surface area contributed by atoms with Gasteiger partial charge in [0.05, 0.1) is 16.6 Å². The Morgan fingerprint density at radius 3 is 2.78 bits per heavy atom. The maximum absolute atomic E-state index is 13.3. The van der Waals surface area contributed by atoms with Crippen molar-refractivity contribution in [1.29, 1.82) is 0 Å². The Balaban J connectivity index is 1.98. The predicted molar refractivity (Wildman–Crippen MR) is 85.5 cm³/mol. The largest absolute Gasteiger partial charge is 0.478 e. The molecule has 0 amide bonds. The molecule has 112 valence electrons. The highest BCUT2D eigenvalue weighted by molar-refractivity contribution is 6.03. The summed E-state index contributed by atoms with van der Waals surface area (Å²) >= 11 is 0. The lowest BCUT2D eigenvalue weighted by molar-refractivity contribution is 0.0699. The number of aromatic carboxylic acids is 1. The average molecular weight is 306 g/mol. The number of carbonyl (C=O) groups is 1. The lowest BCUT2D eigenvalue weighted by Gasteiger charge is -2.08. The van der Waals surface area contributed by atoms with Gasteiger partial charge < -0.3 is 9.67 Å². The average Bonchev–Trinajstić information content (AvgIpc) is 2.96. The third-order valence-electron chi connectivity index (χ3n) is 3.89. The topological polar surface area (TPSA) is 55.1 Å². The lowest BCUT2D eigenvalue weighted by atomic mass is 10.1. The van der Waals surface area contributed by atoms with Crippen LogP contribution in [0.2, 0.25) is 0 Å². The van der Waals surface area contributed by atoms with Gasteiger partial charge in [0, 0.05) is 28.9 Å². The molecule has 5 heteroatoms. The summed E-state index contributed by atoms with van der Waals surface area (Å²) < 4.78 is 15.2. The van der Waals surface area contributed by atoms with Crippen molar-refractivity contribution in [2.24, 2.45) is 0 Å². The van der Waals surface area contributed by atoms with E-state index in [0.717, 1.165) is 16.6 Å². The van der Waals surface area contributed by atoms with E-state index in [1.54, 1.807) is 18.2 Å². The van der Waals surface area contributed by atoms with Gasteiger partial charge in [-0.2, -0.15) is 0 Å². The minimum absolute atomic E-state index is 0.208. The van der Waals surface area contributed by atoms with E-state index >= 15 is 0 Å². The maximum atomic E-state index is 13.3. The number of carboxylic acid groups (broad SMARTS) is 1. The maximum Gasteiger partial charge on any atom is 0.336 e. The highest BCUT2D eigenvalue weighted by Gasteiger charge is 2.11. The van der Waals surface area contributed by atoms with Gasteiger partial charge in [-0.1, -0.05) is 0 Å². The van der Waals surface area contributed by atoms with Gasteiger partial charge in [-0.25, -0.2) is 9.18 Å². The summed E-state index contributed by atoms with van der Waals surface area (Å²) in [4.78, 5) is 15.6. The van der Waals surface area contributed by atoms with Gasteiger partial charge in [0.25, 0.3) is 0 Å². The van der Waals surface area contributed by atoms with Crippen LogP contribution >= 0.6 is 0 Å². The van der Waals surface area contributed by atoms with Gasteiger partial charge in [-0.05, 0) is 48.5 Å². The number of benzene rings is 2. The highest BCUT2D eigenvalue weighted by atomic mass is 19.1. The predicted octanol–water partition coefficient (Wildman–Crippen LogP) is 4.02. The van der Waals surface area contributed by atoms with Crippen molar-refractivity contribution in [3.63, 3.8) is 0 Å². The molecule has 4 nitrogen and oxygen atoms in total. The number of nitrogens with zero attached hydrogens (tertiary/aromatic N) is 2. The molecule has 1 N–H and O–H groups in total. The second-order valence-corrected chi connectivity index (χ2v) is 5.25. The molecule has 0 aliphatic carbocycles. The number of halogens is 1. The lowest BCUT2D eigenvalue weighted by Crippen LogP contribution is -1.99. The Morgan fingerprint density at radius 2 is 1.96 bits per heavy atom. The number of pyridine rings is 1. The molecular formula is C18H11FN2O2. The van der Waals surface area contributed by atoms with E-state index in [1.807, 2.05) is 22.9 Å². The molecular weight excluding hydrogens is 295 g/mol. The number of hydrogen-bond acceptors (Lipinski definition) is 2. The highest BCUT2D eigenvalue weighted by Crippen LogP contribution is 2.25. The smallest absolute Gasteiger partial charge is 0.336 e. The van der Waals surface area contributed by atoms with Crippen LogP contribution < -0.4 is 0 Å². The van der Waals surface area contributed by atoms with Crippen molar-refractivity contribution in [3.05, 3.63) is 72.3 Å². The Morgan fingerprint density at radius 1 is 1.09 bits per heavy atom. The Hall–Kier alpha value is -3.21. The van der Waals surface area contributed by atoms with Crippen LogP contribution in [0.15, 0.2) is 60.9 Å². The summed E-state index contributed by atoms with van der Waals surface area (Å²) in [5, 5.41) is 10.7. The fraction of sp³-hybridized carbons (Fsp3) is 0. The summed E-state index contributed by atoms with van der Waals surface area (Å²) in [5.74, 6) is -1.28.